The van der Waals surface area contributed by atoms with Crippen LogP contribution in [0.3, 0.4) is 0 Å². The number of hydrogen-bond donors (Lipinski definition) is 1. The molecule has 0 spiro atoms. The molecule has 1 aromatic rings. The fraction of sp³-hybridized carbons (Fsp3) is 0.385. The van der Waals surface area contributed by atoms with Crippen molar-refractivity contribution in [3.8, 4) is 0 Å². The van der Waals surface area contributed by atoms with Crippen molar-refractivity contribution >= 4 is 29.2 Å². The monoisotopic (exact) mass is 265 g/mol. The molecule has 5 heteroatoms. The summed E-state index contributed by atoms with van der Waals surface area (Å²) in [7, 11) is 0. The van der Waals surface area contributed by atoms with Crippen LogP contribution < -0.4 is 4.90 Å². The van der Waals surface area contributed by atoms with Crippen molar-refractivity contribution in [3.05, 3.63) is 28.8 Å². The van der Waals surface area contributed by atoms with Crippen LogP contribution in [-0.2, 0) is 16.0 Å². The molecule has 1 aliphatic carbocycles. The van der Waals surface area contributed by atoms with Gasteiger partial charge in [-0.3, -0.25) is 9.59 Å². The van der Waals surface area contributed by atoms with E-state index in [1.165, 1.54) is 0 Å². The van der Waals surface area contributed by atoms with E-state index in [1.54, 1.807) is 17.0 Å². The van der Waals surface area contributed by atoms with Gasteiger partial charge in [0.1, 0.15) is 5.41 Å². The molecule has 0 aromatic heterocycles. The third-order valence-corrected chi connectivity index (χ3v) is 4.14. The Labute approximate surface area is 109 Å². The Bertz CT molecular complexity index is 551. The number of benzene rings is 1. The van der Waals surface area contributed by atoms with E-state index in [-0.39, 0.29) is 5.91 Å². The first-order valence-electron chi connectivity index (χ1n) is 5.89. The minimum absolute atomic E-state index is 0.295. The lowest BCUT2D eigenvalue weighted by atomic mass is 10.1. The van der Waals surface area contributed by atoms with Gasteiger partial charge in [0, 0.05) is 17.3 Å². The fourth-order valence-corrected chi connectivity index (χ4v) is 2.77. The van der Waals surface area contributed by atoms with Gasteiger partial charge in [0.25, 0.3) is 0 Å². The second-order valence-corrected chi connectivity index (χ2v) is 5.24. The molecular weight excluding hydrogens is 254 g/mol. The summed E-state index contributed by atoms with van der Waals surface area (Å²) in [6.45, 7) is 0.521. The van der Waals surface area contributed by atoms with Crippen LogP contribution in [0.5, 0.6) is 0 Å². The summed E-state index contributed by atoms with van der Waals surface area (Å²) in [5, 5.41) is 9.81. The summed E-state index contributed by atoms with van der Waals surface area (Å²) in [5.74, 6) is -1.31. The molecule has 1 aromatic carbocycles. The molecule has 94 valence electrons. The highest BCUT2D eigenvalue weighted by atomic mass is 35.5. The first-order valence-corrected chi connectivity index (χ1v) is 6.27. The highest BCUT2D eigenvalue weighted by Gasteiger charge is 2.59. The molecule has 1 saturated carbocycles. The predicted molar refractivity (Wildman–Crippen MR) is 66.8 cm³/mol. The van der Waals surface area contributed by atoms with Gasteiger partial charge in [0.2, 0.25) is 5.91 Å². The molecular formula is C13H12ClNO3. The topological polar surface area (TPSA) is 57.6 Å². The van der Waals surface area contributed by atoms with Gasteiger partial charge >= 0.3 is 5.97 Å². The number of nitrogens with zero attached hydrogens (tertiary/aromatic N) is 1. The molecule has 3 rings (SSSR count). The lowest BCUT2D eigenvalue weighted by Crippen LogP contribution is -2.40. The van der Waals surface area contributed by atoms with Gasteiger partial charge in [-0.05, 0) is 37.0 Å². The summed E-state index contributed by atoms with van der Waals surface area (Å²) < 4.78 is 0. The first kappa shape index (κ1) is 11.5. The van der Waals surface area contributed by atoms with Gasteiger partial charge in [-0.1, -0.05) is 17.7 Å². The molecule has 0 atom stereocenters. The van der Waals surface area contributed by atoms with Crippen LogP contribution in [0.2, 0.25) is 5.02 Å². The average molecular weight is 266 g/mol. The van der Waals surface area contributed by atoms with Crippen LogP contribution in [0, 0.1) is 5.41 Å². The summed E-state index contributed by atoms with van der Waals surface area (Å²) in [6, 6.07) is 5.40. The van der Waals surface area contributed by atoms with Crippen LogP contribution in [0.15, 0.2) is 18.2 Å². The zero-order valence-corrected chi connectivity index (χ0v) is 10.4. The van der Waals surface area contributed by atoms with Crippen molar-refractivity contribution in [3.63, 3.8) is 0 Å². The number of halogens is 1. The average Bonchev–Trinajstić information content (AvgIpc) is 3.04. The van der Waals surface area contributed by atoms with Gasteiger partial charge in [-0.2, -0.15) is 0 Å². The van der Waals surface area contributed by atoms with Crippen LogP contribution >= 0.6 is 11.6 Å². The summed E-state index contributed by atoms with van der Waals surface area (Å²) >= 11 is 6.08. The van der Waals surface area contributed by atoms with Crippen molar-refractivity contribution < 1.29 is 14.7 Å². The van der Waals surface area contributed by atoms with E-state index in [2.05, 4.69) is 0 Å². The molecule has 4 nitrogen and oxygen atoms in total. The predicted octanol–water partition coefficient (Wildman–Crippen LogP) is 2.09. The van der Waals surface area contributed by atoms with Crippen molar-refractivity contribution in [1.29, 1.82) is 0 Å². The minimum atomic E-state index is -1.18. The van der Waals surface area contributed by atoms with E-state index in [1.807, 2.05) is 6.07 Å². The molecule has 0 unspecified atom stereocenters. The molecule has 0 radical (unpaired) electrons. The Morgan fingerprint density at radius 1 is 1.33 bits per heavy atom. The third-order valence-electron chi connectivity index (χ3n) is 3.78. The van der Waals surface area contributed by atoms with Crippen LogP contribution in [0.1, 0.15) is 18.4 Å². The highest BCUT2D eigenvalue weighted by molar-refractivity contribution is 6.32. The maximum Gasteiger partial charge on any atom is 0.319 e. The highest BCUT2D eigenvalue weighted by Crippen LogP contribution is 2.49. The number of carbonyl (C=O) groups is 2. The molecule has 0 saturated heterocycles. The number of aliphatic carboxylic acids is 1. The third kappa shape index (κ3) is 1.45. The van der Waals surface area contributed by atoms with E-state index in [0.29, 0.717) is 30.8 Å². The van der Waals surface area contributed by atoms with Crippen molar-refractivity contribution in [2.24, 2.45) is 5.41 Å². The zero-order valence-electron chi connectivity index (χ0n) is 9.65. The Kier molecular flexibility index (Phi) is 2.38. The van der Waals surface area contributed by atoms with Gasteiger partial charge < -0.3 is 10.0 Å². The van der Waals surface area contributed by atoms with Gasteiger partial charge in [-0.15, -0.1) is 0 Å². The maximum absolute atomic E-state index is 12.3. The lowest BCUT2D eigenvalue weighted by molar-refractivity contribution is -0.148. The summed E-state index contributed by atoms with van der Waals surface area (Å²) in [6.07, 6.45) is 1.57. The van der Waals surface area contributed by atoms with E-state index in [4.69, 9.17) is 16.7 Å². The maximum atomic E-state index is 12.3. The lowest BCUT2D eigenvalue weighted by Gasteiger charge is -2.21. The number of fused-ring (bicyclic) bond motifs is 1. The van der Waals surface area contributed by atoms with E-state index >= 15 is 0 Å². The van der Waals surface area contributed by atoms with Crippen LogP contribution in [-0.4, -0.2) is 23.5 Å². The second-order valence-electron chi connectivity index (χ2n) is 4.83. The molecule has 1 fully saturated rings. The number of anilines is 1. The largest absolute Gasteiger partial charge is 0.480 e. The molecule has 2 aliphatic rings. The quantitative estimate of drug-likeness (QED) is 0.833. The summed E-state index contributed by atoms with van der Waals surface area (Å²) in [5.41, 5.74) is 0.526. The van der Waals surface area contributed by atoms with E-state index in [0.717, 1.165) is 11.3 Å². The van der Waals surface area contributed by atoms with Crippen LogP contribution in [0.25, 0.3) is 0 Å². The molecule has 1 amide bonds. The molecule has 18 heavy (non-hydrogen) atoms. The van der Waals surface area contributed by atoms with Gasteiger partial charge in [0.05, 0.1) is 0 Å². The number of rotatable bonds is 2. The van der Waals surface area contributed by atoms with Crippen molar-refractivity contribution in [2.75, 3.05) is 11.4 Å². The Hall–Kier alpha value is -1.55. The van der Waals surface area contributed by atoms with Gasteiger partial charge in [-0.25, -0.2) is 0 Å². The van der Waals surface area contributed by atoms with Gasteiger partial charge in [0.15, 0.2) is 0 Å². The first-order chi connectivity index (χ1) is 8.56. The second kappa shape index (κ2) is 3.72. The molecule has 1 heterocycles. The number of carboxylic acid groups (broad SMARTS) is 1. The van der Waals surface area contributed by atoms with Crippen molar-refractivity contribution in [1.82, 2.24) is 0 Å². The van der Waals surface area contributed by atoms with E-state index < -0.39 is 11.4 Å². The Morgan fingerprint density at radius 2 is 2.06 bits per heavy atom. The number of hydrogen-bond acceptors (Lipinski definition) is 2. The number of carboxylic acids is 1. The SMILES string of the molecule is O=C(O)C1(C(=O)N2CCc3c(Cl)cccc32)CC1. The minimum Gasteiger partial charge on any atom is -0.480 e. The van der Waals surface area contributed by atoms with E-state index in [9.17, 15) is 9.59 Å². The smallest absolute Gasteiger partial charge is 0.319 e. The number of amides is 1. The Balaban J connectivity index is 1.96. The summed E-state index contributed by atoms with van der Waals surface area (Å²) in [4.78, 5) is 25.1. The fourth-order valence-electron chi connectivity index (χ4n) is 2.51. The normalized spacial score (nSPS) is 19.5. The Morgan fingerprint density at radius 3 is 2.67 bits per heavy atom. The molecule has 0 bridgehead atoms. The van der Waals surface area contributed by atoms with Crippen LogP contribution in [0.4, 0.5) is 5.69 Å². The molecule has 1 aliphatic heterocycles. The van der Waals surface area contributed by atoms with Crippen molar-refractivity contribution in [2.45, 2.75) is 19.3 Å². The zero-order chi connectivity index (χ0) is 12.9. The number of carbonyl (C=O) groups excluding carboxylic acids is 1. The standard InChI is InChI=1S/C13H12ClNO3/c14-9-2-1-3-10-8(9)4-7-15(10)11(16)13(5-6-13)12(17)18/h1-3H,4-7H2,(H,17,18). The molecule has 1 N–H and O–H groups in total.